The summed E-state index contributed by atoms with van der Waals surface area (Å²) in [6.45, 7) is 6.20. The Hall–Kier alpha value is -2.18. The van der Waals surface area contributed by atoms with Gasteiger partial charge in [-0.2, -0.15) is 0 Å². The molecule has 1 atom stereocenters. The number of unbranched alkanes of at least 4 members (excludes halogenated alkanes) is 3. The van der Waals surface area contributed by atoms with Crippen molar-refractivity contribution >= 4 is 23.2 Å². The normalized spacial score (nSPS) is 15.4. The average Bonchev–Trinajstić information content (AvgIpc) is 3.30. The summed E-state index contributed by atoms with van der Waals surface area (Å²) in [5.41, 5.74) is 3.56. The van der Waals surface area contributed by atoms with Crippen molar-refractivity contribution in [1.82, 2.24) is 9.80 Å². The summed E-state index contributed by atoms with van der Waals surface area (Å²) >= 11 is 1.77. The largest absolute Gasteiger partial charge is 0.385 e. The fourth-order valence-corrected chi connectivity index (χ4v) is 5.40. The summed E-state index contributed by atoms with van der Waals surface area (Å²) in [5, 5.41) is 2.12. The zero-order chi connectivity index (χ0) is 23.6. The van der Waals surface area contributed by atoms with Gasteiger partial charge >= 0.3 is 0 Å². The highest BCUT2D eigenvalue weighted by Gasteiger charge is 2.33. The maximum absolute atomic E-state index is 13.6. The van der Waals surface area contributed by atoms with Gasteiger partial charge in [-0.15, -0.1) is 11.3 Å². The molecule has 1 aliphatic rings. The SMILES string of the molecule is CCCCCCC(=O)N(CCCOC)CC(=O)N1CCc2sccc2C1c1ccc(C)cc1. The van der Waals surface area contributed by atoms with Crippen molar-refractivity contribution in [3.8, 4) is 0 Å². The molecule has 0 spiro atoms. The fourth-order valence-electron chi connectivity index (χ4n) is 4.50. The van der Waals surface area contributed by atoms with Crippen molar-refractivity contribution in [3.05, 3.63) is 57.3 Å². The van der Waals surface area contributed by atoms with E-state index in [1.54, 1.807) is 23.3 Å². The number of hydrogen-bond donors (Lipinski definition) is 0. The summed E-state index contributed by atoms with van der Waals surface area (Å²) in [7, 11) is 1.67. The van der Waals surface area contributed by atoms with Crippen molar-refractivity contribution in [2.24, 2.45) is 0 Å². The number of fused-ring (bicyclic) bond motifs is 1. The van der Waals surface area contributed by atoms with Crippen LogP contribution in [0.2, 0.25) is 0 Å². The Morgan fingerprint density at radius 2 is 1.91 bits per heavy atom. The summed E-state index contributed by atoms with van der Waals surface area (Å²) in [6, 6.07) is 10.5. The minimum absolute atomic E-state index is 0.0248. The first kappa shape index (κ1) is 25.4. The van der Waals surface area contributed by atoms with Crippen molar-refractivity contribution in [2.45, 2.75) is 64.8 Å². The van der Waals surface area contributed by atoms with Gasteiger partial charge in [0.15, 0.2) is 0 Å². The summed E-state index contributed by atoms with van der Waals surface area (Å²) in [6.07, 6.45) is 6.35. The number of aryl methyl sites for hydroxylation is 1. The lowest BCUT2D eigenvalue weighted by Gasteiger charge is -2.37. The molecule has 33 heavy (non-hydrogen) atoms. The predicted octanol–water partition coefficient (Wildman–Crippen LogP) is 5.37. The van der Waals surface area contributed by atoms with E-state index in [-0.39, 0.29) is 24.4 Å². The van der Waals surface area contributed by atoms with Crippen LogP contribution < -0.4 is 0 Å². The molecule has 2 aromatic rings. The van der Waals surface area contributed by atoms with Crippen LogP contribution in [0.1, 0.15) is 73.1 Å². The van der Waals surface area contributed by atoms with Crippen molar-refractivity contribution in [1.29, 1.82) is 0 Å². The summed E-state index contributed by atoms with van der Waals surface area (Å²) in [5.74, 6) is 0.104. The van der Waals surface area contributed by atoms with Crippen molar-refractivity contribution in [2.75, 3.05) is 33.4 Å². The van der Waals surface area contributed by atoms with E-state index in [0.717, 1.165) is 44.1 Å². The van der Waals surface area contributed by atoms with Crippen LogP contribution in [-0.4, -0.2) is 55.0 Å². The molecule has 0 bridgehead atoms. The first-order valence-electron chi connectivity index (χ1n) is 12.2. The monoisotopic (exact) mass is 470 g/mol. The molecule has 2 heterocycles. The Bertz CT molecular complexity index is 893. The number of carbonyl (C=O) groups is 2. The lowest BCUT2D eigenvalue weighted by Crippen LogP contribution is -2.47. The van der Waals surface area contributed by atoms with E-state index >= 15 is 0 Å². The minimum Gasteiger partial charge on any atom is -0.385 e. The number of thiophene rings is 1. The lowest BCUT2D eigenvalue weighted by atomic mass is 9.92. The van der Waals surface area contributed by atoms with E-state index in [1.165, 1.54) is 16.0 Å². The quantitative estimate of drug-likeness (QED) is 0.392. The second-order valence-electron chi connectivity index (χ2n) is 8.92. The molecule has 1 aromatic carbocycles. The Morgan fingerprint density at radius 1 is 1.12 bits per heavy atom. The zero-order valence-electron chi connectivity index (χ0n) is 20.3. The molecule has 0 aliphatic carbocycles. The van der Waals surface area contributed by atoms with Gasteiger partial charge in [-0.25, -0.2) is 0 Å². The van der Waals surface area contributed by atoms with Gasteiger partial charge in [-0.3, -0.25) is 9.59 Å². The van der Waals surface area contributed by atoms with Crippen LogP contribution >= 0.6 is 11.3 Å². The Kier molecular flexibility index (Phi) is 9.95. The Balaban J connectivity index is 1.76. The first-order chi connectivity index (χ1) is 16.0. The third kappa shape index (κ3) is 6.90. The molecule has 1 aliphatic heterocycles. The predicted molar refractivity (Wildman–Crippen MR) is 135 cm³/mol. The van der Waals surface area contributed by atoms with Gasteiger partial charge in [0.25, 0.3) is 0 Å². The van der Waals surface area contributed by atoms with Crippen LogP contribution in [0.3, 0.4) is 0 Å². The number of hydrogen-bond acceptors (Lipinski definition) is 4. The first-order valence-corrected chi connectivity index (χ1v) is 13.1. The van der Waals surface area contributed by atoms with Gasteiger partial charge in [0.2, 0.25) is 11.8 Å². The molecule has 0 saturated heterocycles. The third-order valence-electron chi connectivity index (χ3n) is 6.38. The maximum atomic E-state index is 13.6. The van der Waals surface area contributed by atoms with Gasteiger partial charge in [-0.05, 0) is 48.8 Å². The van der Waals surface area contributed by atoms with Crippen LogP contribution in [0.15, 0.2) is 35.7 Å². The van der Waals surface area contributed by atoms with E-state index in [2.05, 4.69) is 49.6 Å². The van der Waals surface area contributed by atoms with Crippen molar-refractivity contribution < 1.29 is 14.3 Å². The second kappa shape index (κ2) is 12.9. The highest BCUT2D eigenvalue weighted by atomic mass is 32.1. The average molecular weight is 471 g/mol. The van der Waals surface area contributed by atoms with Gasteiger partial charge in [0, 0.05) is 38.1 Å². The van der Waals surface area contributed by atoms with Crippen LogP contribution in [0.25, 0.3) is 0 Å². The summed E-state index contributed by atoms with van der Waals surface area (Å²) in [4.78, 5) is 31.7. The molecule has 3 rings (SSSR count). The van der Waals surface area contributed by atoms with Crippen LogP contribution in [0, 0.1) is 6.92 Å². The molecular formula is C27H38N2O3S. The highest BCUT2D eigenvalue weighted by Crippen LogP contribution is 2.38. The number of rotatable bonds is 12. The molecule has 0 N–H and O–H groups in total. The molecular weight excluding hydrogens is 432 g/mol. The molecule has 1 unspecified atom stereocenters. The fraction of sp³-hybridized carbons (Fsp3) is 0.556. The van der Waals surface area contributed by atoms with E-state index in [0.29, 0.717) is 26.1 Å². The van der Waals surface area contributed by atoms with Gasteiger partial charge < -0.3 is 14.5 Å². The molecule has 5 nitrogen and oxygen atoms in total. The lowest BCUT2D eigenvalue weighted by molar-refractivity contribution is -0.142. The Labute approximate surface area is 202 Å². The number of methoxy groups -OCH3 is 1. The minimum atomic E-state index is -0.0893. The van der Waals surface area contributed by atoms with E-state index in [9.17, 15) is 9.59 Å². The standard InChI is InChI=1S/C27H38N2O3S/c1-4-5-6-7-9-25(30)28(16-8-18-32-3)20-26(31)29-17-14-24-23(15-19-33-24)27(29)22-12-10-21(2)11-13-22/h10-13,15,19,27H,4-9,14,16-18,20H2,1-3H3. The third-order valence-corrected chi connectivity index (χ3v) is 7.38. The molecule has 1 aromatic heterocycles. The molecule has 6 heteroatoms. The van der Waals surface area contributed by atoms with E-state index in [4.69, 9.17) is 4.74 Å². The van der Waals surface area contributed by atoms with Crippen molar-refractivity contribution in [3.63, 3.8) is 0 Å². The van der Waals surface area contributed by atoms with E-state index in [1.807, 2.05) is 4.90 Å². The Morgan fingerprint density at radius 3 is 2.64 bits per heavy atom. The summed E-state index contributed by atoms with van der Waals surface area (Å²) < 4.78 is 5.19. The van der Waals surface area contributed by atoms with E-state index < -0.39 is 0 Å². The molecule has 180 valence electrons. The van der Waals surface area contributed by atoms with Gasteiger partial charge in [-0.1, -0.05) is 56.0 Å². The number of carbonyl (C=O) groups excluding carboxylic acids is 2. The van der Waals surface area contributed by atoms with Crippen LogP contribution in [-0.2, 0) is 20.7 Å². The zero-order valence-corrected chi connectivity index (χ0v) is 21.2. The second-order valence-corrected chi connectivity index (χ2v) is 9.92. The van der Waals surface area contributed by atoms with Crippen LogP contribution in [0.4, 0.5) is 0 Å². The molecule has 0 fully saturated rings. The number of amides is 2. The molecule has 0 saturated carbocycles. The van der Waals surface area contributed by atoms with Gasteiger partial charge in [0.05, 0.1) is 12.6 Å². The number of nitrogens with zero attached hydrogens (tertiary/aromatic N) is 2. The molecule has 0 radical (unpaired) electrons. The smallest absolute Gasteiger partial charge is 0.242 e. The number of benzene rings is 1. The number of ether oxygens (including phenoxy) is 1. The van der Waals surface area contributed by atoms with Crippen LogP contribution in [0.5, 0.6) is 0 Å². The highest BCUT2D eigenvalue weighted by molar-refractivity contribution is 7.10. The maximum Gasteiger partial charge on any atom is 0.242 e. The molecule has 2 amide bonds. The van der Waals surface area contributed by atoms with Gasteiger partial charge in [0.1, 0.15) is 0 Å². The topological polar surface area (TPSA) is 49.9 Å².